The van der Waals surface area contributed by atoms with Gasteiger partial charge in [-0.2, -0.15) is 0 Å². The summed E-state index contributed by atoms with van der Waals surface area (Å²) in [7, 11) is 0. The number of furan rings is 1. The Kier molecular flexibility index (Phi) is 5.89. The molecule has 0 bridgehead atoms. The number of rotatable bonds is 4. The maximum atomic E-state index is 6.43. The highest BCUT2D eigenvalue weighted by molar-refractivity contribution is 6.31. The molecule has 0 spiro atoms. The van der Waals surface area contributed by atoms with Crippen LogP contribution in [0.15, 0.2) is 174 Å². The van der Waals surface area contributed by atoms with Crippen LogP contribution in [0.3, 0.4) is 0 Å². The van der Waals surface area contributed by atoms with Crippen molar-refractivity contribution in [3.05, 3.63) is 170 Å². The quantitative estimate of drug-likeness (QED) is 0.190. The molecule has 0 amide bonds. The molecule has 0 fully saturated rings. The average Bonchev–Trinajstić information content (AvgIpc) is 3.86. The molecular formula is C46H28N4O. The summed E-state index contributed by atoms with van der Waals surface area (Å²) in [4.78, 5) is 10.7. The van der Waals surface area contributed by atoms with Crippen LogP contribution in [-0.2, 0) is 0 Å². The Labute approximate surface area is 292 Å². The molecule has 0 atom stereocenters. The first-order valence-electron chi connectivity index (χ1n) is 17.2. The van der Waals surface area contributed by atoms with Crippen LogP contribution < -0.4 is 0 Å². The highest BCUT2D eigenvalue weighted by atomic mass is 16.3. The highest BCUT2D eigenvalue weighted by Crippen LogP contribution is 2.45. The fraction of sp³-hybridized carbons (Fsp3) is 0. The number of hydrogen-bond acceptors (Lipinski definition) is 3. The Morgan fingerprint density at radius 2 is 0.980 bits per heavy atom. The first-order valence-corrected chi connectivity index (χ1v) is 17.2. The smallest absolute Gasteiger partial charge is 0.235 e. The van der Waals surface area contributed by atoms with Crippen molar-refractivity contribution in [2.45, 2.75) is 0 Å². The fourth-order valence-corrected chi connectivity index (χ4v) is 7.95. The zero-order valence-electron chi connectivity index (χ0n) is 27.4. The van der Waals surface area contributed by atoms with Gasteiger partial charge in [-0.05, 0) is 42.5 Å². The number of hydrogen-bond donors (Lipinski definition) is 0. The van der Waals surface area contributed by atoms with Gasteiger partial charge in [-0.1, -0.05) is 127 Å². The molecule has 4 aromatic heterocycles. The van der Waals surface area contributed by atoms with Crippen molar-refractivity contribution >= 4 is 65.6 Å². The lowest BCUT2D eigenvalue weighted by Crippen LogP contribution is -2.05. The van der Waals surface area contributed by atoms with Crippen LogP contribution in [0, 0.1) is 0 Å². The van der Waals surface area contributed by atoms with Gasteiger partial charge in [0.2, 0.25) is 5.95 Å². The van der Waals surface area contributed by atoms with Gasteiger partial charge in [-0.15, -0.1) is 0 Å². The summed E-state index contributed by atoms with van der Waals surface area (Å²) in [6, 6.07) is 59.3. The van der Waals surface area contributed by atoms with Crippen molar-refractivity contribution in [2.24, 2.45) is 0 Å². The Bertz CT molecular complexity index is 3060. The predicted octanol–water partition coefficient (Wildman–Crippen LogP) is 11.9. The van der Waals surface area contributed by atoms with Crippen LogP contribution in [-0.4, -0.2) is 19.1 Å². The third-order valence-corrected chi connectivity index (χ3v) is 10.1. The summed E-state index contributed by atoms with van der Waals surface area (Å²) in [5, 5.41) is 6.83. The molecule has 7 aromatic carbocycles. The molecule has 5 heteroatoms. The van der Waals surface area contributed by atoms with E-state index in [0.717, 1.165) is 88.4 Å². The molecule has 0 saturated carbocycles. The molecule has 0 unspecified atom stereocenters. The van der Waals surface area contributed by atoms with E-state index in [9.17, 15) is 0 Å². The second kappa shape index (κ2) is 10.8. The second-order valence-electron chi connectivity index (χ2n) is 13.0. The minimum Gasteiger partial charge on any atom is -0.456 e. The molecule has 0 radical (unpaired) electrons. The molecule has 51 heavy (non-hydrogen) atoms. The van der Waals surface area contributed by atoms with Gasteiger partial charge in [0.15, 0.2) is 0 Å². The largest absolute Gasteiger partial charge is 0.456 e. The van der Waals surface area contributed by atoms with Crippen molar-refractivity contribution in [2.75, 3.05) is 0 Å². The molecule has 0 N–H and O–H groups in total. The lowest BCUT2D eigenvalue weighted by atomic mass is 10.0. The topological polar surface area (TPSA) is 48.8 Å². The molecule has 4 heterocycles. The first kappa shape index (κ1) is 27.9. The van der Waals surface area contributed by atoms with Crippen LogP contribution in [0.2, 0.25) is 0 Å². The molecule has 0 aliphatic carbocycles. The van der Waals surface area contributed by atoms with Gasteiger partial charge in [0.05, 0.1) is 33.5 Å². The lowest BCUT2D eigenvalue weighted by molar-refractivity contribution is 0.669. The van der Waals surface area contributed by atoms with E-state index in [1.807, 2.05) is 18.2 Å². The van der Waals surface area contributed by atoms with Crippen LogP contribution >= 0.6 is 0 Å². The van der Waals surface area contributed by atoms with Crippen molar-refractivity contribution < 1.29 is 4.42 Å². The summed E-state index contributed by atoms with van der Waals surface area (Å²) in [5.41, 5.74) is 11.0. The van der Waals surface area contributed by atoms with Gasteiger partial charge in [-0.25, -0.2) is 9.97 Å². The van der Waals surface area contributed by atoms with Gasteiger partial charge in [0, 0.05) is 49.1 Å². The summed E-state index contributed by atoms with van der Waals surface area (Å²) in [6.45, 7) is 0. The molecular weight excluding hydrogens is 625 g/mol. The molecule has 238 valence electrons. The molecule has 11 aromatic rings. The molecule has 0 saturated heterocycles. The van der Waals surface area contributed by atoms with Crippen LogP contribution in [0.25, 0.3) is 99.7 Å². The maximum absolute atomic E-state index is 6.43. The van der Waals surface area contributed by atoms with Crippen molar-refractivity contribution in [1.82, 2.24) is 19.1 Å². The third kappa shape index (κ3) is 4.09. The van der Waals surface area contributed by atoms with Crippen LogP contribution in [0.4, 0.5) is 0 Å². The average molecular weight is 653 g/mol. The Morgan fingerprint density at radius 1 is 0.392 bits per heavy atom. The van der Waals surface area contributed by atoms with Gasteiger partial charge >= 0.3 is 0 Å². The van der Waals surface area contributed by atoms with E-state index in [-0.39, 0.29) is 0 Å². The van der Waals surface area contributed by atoms with E-state index in [1.54, 1.807) is 0 Å². The van der Waals surface area contributed by atoms with Gasteiger partial charge in [0.1, 0.15) is 11.2 Å². The van der Waals surface area contributed by atoms with E-state index in [0.29, 0.717) is 5.95 Å². The normalized spacial score (nSPS) is 11.9. The summed E-state index contributed by atoms with van der Waals surface area (Å²) in [5.74, 6) is 0.623. The first-order chi connectivity index (χ1) is 25.3. The predicted molar refractivity (Wildman–Crippen MR) is 209 cm³/mol. The minimum atomic E-state index is 0.623. The fourth-order valence-electron chi connectivity index (χ4n) is 7.95. The molecule has 0 aliphatic rings. The van der Waals surface area contributed by atoms with Crippen molar-refractivity contribution in [1.29, 1.82) is 0 Å². The Balaban J connectivity index is 1.36. The Morgan fingerprint density at radius 3 is 1.71 bits per heavy atom. The van der Waals surface area contributed by atoms with Crippen LogP contribution in [0.5, 0.6) is 0 Å². The maximum Gasteiger partial charge on any atom is 0.235 e. The zero-order chi connectivity index (χ0) is 33.5. The van der Waals surface area contributed by atoms with Gasteiger partial charge < -0.3 is 8.98 Å². The van der Waals surface area contributed by atoms with E-state index >= 15 is 0 Å². The summed E-state index contributed by atoms with van der Waals surface area (Å²) >= 11 is 0. The second-order valence-corrected chi connectivity index (χ2v) is 13.0. The highest BCUT2D eigenvalue weighted by Gasteiger charge is 2.25. The number of para-hydroxylation sites is 3. The monoisotopic (exact) mass is 652 g/mol. The zero-order valence-corrected chi connectivity index (χ0v) is 27.4. The SMILES string of the molecule is c1ccc(-c2cc(-c3ccccc3)nc(-n3c4ccccc4c4ccc5c6c7c(ccc6n(-c6ccccc6)c5c43)oc3ccccc37)n2)cc1. The van der Waals surface area contributed by atoms with Crippen LogP contribution in [0.1, 0.15) is 0 Å². The summed E-state index contributed by atoms with van der Waals surface area (Å²) < 4.78 is 11.1. The lowest BCUT2D eigenvalue weighted by Gasteiger charge is -2.13. The Hall–Kier alpha value is -6.98. The standard InChI is InChI=1S/C46H28N4O/c1-4-14-29(15-5-1)36-28-37(30-16-6-2-7-17-30)48-46(47-36)50-38-22-12-10-20-32(38)33-24-25-35-42-39(49(45(35)44(33)50)31-18-8-3-9-19-31)26-27-41-43(42)34-21-11-13-23-40(34)51-41/h1-28H. The van der Waals surface area contributed by atoms with Crippen molar-refractivity contribution in [3.8, 4) is 34.2 Å². The summed E-state index contributed by atoms with van der Waals surface area (Å²) in [6.07, 6.45) is 0. The molecule has 11 rings (SSSR count). The van der Waals surface area contributed by atoms with E-state index in [1.165, 1.54) is 5.39 Å². The number of aromatic nitrogens is 4. The van der Waals surface area contributed by atoms with Gasteiger partial charge in [-0.3, -0.25) is 4.57 Å². The molecule has 0 aliphatic heterocycles. The number of benzene rings is 7. The third-order valence-electron chi connectivity index (χ3n) is 10.1. The van der Waals surface area contributed by atoms with Gasteiger partial charge in [0.25, 0.3) is 0 Å². The van der Waals surface area contributed by atoms with E-state index < -0.39 is 0 Å². The molecule has 5 nitrogen and oxygen atoms in total. The van der Waals surface area contributed by atoms with Crippen molar-refractivity contribution in [3.63, 3.8) is 0 Å². The van der Waals surface area contributed by atoms with E-state index in [4.69, 9.17) is 14.4 Å². The van der Waals surface area contributed by atoms with E-state index in [2.05, 4.69) is 161 Å². The number of fused-ring (bicyclic) bond motifs is 11. The minimum absolute atomic E-state index is 0.623. The number of nitrogens with zero attached hydrogens (tertiary/aromatic N) is 4.